The molecular formula is C15H22N2O. The molecule has 2 rings (SSSR count). The van der Waals surface area contributed by atoms with Gasteiger partial charge in [-0.3, -0.25) is 9.78 Å². The van der Waals surface area contributed by atoms with Gasteiger partial charge >= 0.3 is 0 Å². The van der Waals surface area contributed by atoms with Gasteiger partial charge in [-0.15, -0.1) is 0 Å². The van der Waals surface area contributed by atoms with E-state index in [2.05, 4.69) is 11.1 Å². The van der Waals surface area contributed by atoms with Crippen LogP contribution in [0.3, 0.4) is 0 Å². The van der Waals surface area contributed by atoms with Crippen LogP contribution in [0.25, 0.3) is 0 Å². The van der Waals surface area contributed by atoms with Crippen LogP contribution in [0.5, 0.6) is 0 Å². The Morgan fingerprint density at radius 2 is 1.94 bits per heavy atom. The van der Waals surface area contributed by atoms with E-state index in [0.29, 0.717) is 5.92 Å². The number of hydrogen-bond donors (Lipinski definition) is 0. The fourth-order valence-corrected chi connectivity index (χ4v) is 2.47. The maximum Gasteiger partial charge on any atom is 0.227 e. The molecule has 1 aliphatic rings. The van der Waals surface area contributed by atoms with Gasteiger partial charge in [0.25, 0.3) is 0 Å². The Balaban J connectivity index is 1.95. The lowest BCUT2D eigenvalue weighted by Gasteiger charge is -2.35. The Hall–Kier alpha value is -1.38. The quantitative estimate of drug-likeness (QED) is 0.763. The van der Waals surface area contributed by atoms with Crippen LogP contribution in [-0.2, 0) is 4.79 Å². The van der Waals surface area contributed by atoms with Crippen LogP contribution in [0, 0.1) is 5.41 Å². The summed E-state index contributed by atoms with van der Waals surface area (Å²) < 4.78 is 0. The van der Waals surface area contributed by atoms with Crippen molar-refractivity contribution in [1.82, 2.24) is 9.88 Å². The normalized spacial score (nSPS) is 17.8. The van der Waals surface area contributed by atoms with E-state index < -0.39 is 0 Å². The second kappa shape index (κ2) is 5.09. The Morgan fingerprint density at radius 1 is 1.28 bits per heavy atom. The summed E-state index contributed by atoms with van der Waals surface area (Å²) in [6, 6.07) is 6.07. The summed E-state index contributed by atoms with van der Waals surface area (Å²) in [7, 11) is 0. The lowest BCUT2D eigenvalue weighted by Crippen LogP contribution is -2.43. The van der Waals surface area contributed by atoms with Crippen LogP contribution in [0.1, 0.15) is 45.2 Å². The van der Waals surface area contributed by atoms with Gasteiger partial charge in [0.15, 0.2) is 0 Å². The van der Waals surface area contributed by atoms with E-state index in [9.17, 15) is 4.79 Å². The average molecular weight is 246 g/mol. The van der Waals surface area contributed by atoms with Crippen LogP contribution in [-0.4, -0.2) is 28.9 Å². The smallest absolute Gasteiger partial charge is 0.227 e. The predicted molar refractivity (Wildman–Crippen MR) is 72.2 cm³/mol. The summed E-state index contributed by atoms with van der Waals surface area (Å²) in [5.74, 6) is 0.775. The zero-order valence-corrected chi connectivity index (χ0v) is 11.5. The molecule has 1 saturated heterocycles. The fourth-order valence-electron chi connectivity index (χ4n) is 2.47. The number of rotatable bonds is 1. The molecule has 1 aliphatic heterocycles. The highest BCUT2D eigenvalue weighted by atomic mass is 16.2. The summed E-state index contributed by atoms with van der Waals surface area (Å²) in [6.45, 7) is 7.68. The average Bonchev–Trinajstić information content (AvgIpc) is 2.38. The zero-order valence-electron chi connectivity index (χ0n) is 11.5. The minimum atomic E-state index is -0.266. The van der Waals surface area contributed by atoms with Crippen molar-refractivity contribution in [3.05, 3.63) is 30.1 Å². The van der Waals surface area contributed by atoms with Gasteiger partial charge < -0.3 is 4.90 Å². The highest BCUT2D eigenvalue weighted by molar-refractivity contribution is 5.81. The number of carbonyl (C=O) groups is 1. The predicted octanol–water partition coefficient (Wildman–Crippen LogP) is 2.83. The van der Waals surface area contributed by atoms with Gasteiger partial charge in [0.1, 0.15) is 0 Å². The Labute approximate surface area is 109 Å². The maximum absolute atomic E-state index is 12.2. The minimum Gasteiger partial charge on any atom is -0.342 e. The van der Waals surface area contributed by atoms with Crippen LogP contribution in [0.2, 0.25) is 0 Å². The van der Waals surface area contributed by atoms with Crippen molar-refractivity contribution in [2.24, 2.45) is 5.41 Å². The van der Waals surface area contributed by atoms with Crippen LogP contribution in [0.15, 0.2) is 24.4 Å². The number of carbonyl (C=O) groups excluding carboxylic acids is 1. The van der Waals surface area contributed by atoms with Crippen molar-refractivity contribution in [2.75, 3.05) is 13.1 Å². The summed E-state index contributed by atoms with van der Waals surface area (Å²) in [5, 5.41) is 0. The Kier molecular flexibility index (Phi) is 3.69. The van der Waals surface area contributed by atoms with E-state index in [-0.39, 0.29) is 11.3 Å². The Morgan fingerprint density at radius 3 is 2.44 bits per heavy atom. The lowest BCUT2D eigenvalue weighted by molar-refractivity contribution is -0.140. The lowest BCUT2D eigenvalue weighted by atomic mass is 9.89. The molecule has 1 aromatic rings. The van der Waals surface area contributed by atoms with Crippen molar-refractivity contribution >= 4 is 5.91 Å². The second-order valence-corrected chi connectivity index (χ2v) is 6.07. The fraction of sp³-hybridized carbons (Fsp3) is 0.600. The minimum absolute atomic E-state index is 0.266. The third-order valence-corrected chi connectivity index (χ3v) is 3.53. The first-order chi connectivity index (χ1) is 8.48. The number of nitrogens with zero attached hydrogens (tertiary/aromatic N) is 2. The van der Waals surface area contributed by atoms with E-state index in [1.54, 1.807) is 0 Å². The summed E-state index contributed by atoms with van der Waals surface area (Å²) in [5.41, 5.74) is 0.901. The molecule has 0 spiro atoms. The number of aromatic nitrogens is 1. The molecule has 2 heterocycles. The molecule has 1 amide bonds. The van der Waals surface area contributed by atoms with Crippen molar-refractivity contribution in [3.63, 3.8) is 0 Å². The van der Waals surface area contributed by atoms with Gasteiger partial charge in [-0.05, 0) is 25.0 Å². The number of hydrogen-bond acceptors (Lipinski definition) is 2. The molecule has 0 unspecified atom stereocenters. The van der Waals surface area contributed by atoms with Crippen LogP contribution < -0.4 is 0 Å². The molecule has 0 saturated carbocycles. The molecule has 0 atom stereocenters. The van der Waals surface area contributed by atoms with Gasteiger partial charge in [-0.2, -0.15) is 0 Å². The first-order valence-corrected chi connectivity index (χ1v) is 6.69. The zero-order chi connectivity index (χ0) is 13.2. The summed E-state index contributed by atoms with van der Waals surface area (Å²) >= 11 is 0. The van der Waals surface area contributed by atoms with E-state index in [1.165, 1.54) is 5.69 Å². The van der Waals surface area contributed by atoms with Crippen LogP contribution in [0.4, 0.5) is 0 Å². The summed E-state index contributed by atoms with van der Waals surface area (Å²) in [4.78, 5) is 18.6. The van der Waals surface area contributed by atoms with Gasteiger partial charge in [-0.1, -0.05) is 26.8 Å². The molecule has 0 N–H and O–H groups in total. The number of amides is 1. The highest BCUT2D eigenvalue weighted by Gasteiger charge is 2.30. The third kappa shape index (κ3) is 2.89. The maximum atomic E-state index is 12.2. The van der Waals surface area contributed by atoms with Gasteiger partial charge in [0, 0.05) is 36.3 Å². The topological polar surface area (TPSA) is 33.2 Å². The molecule has 0 bridgehead atoms. The first-order valence-electron chi connectivity index (χ1n) is 6.69. The molecular weight excluding hydrogens is 224 g/mol. The van der Waals surface area contributed by atoms with E-state index in [4.69, 9.17) is 0 Å². The SMILES string of the molecule is CC(C)(C)C(=O)N1CCC(c2ccccn2)CC1. The number of likely N-dealkylation sites (tertiary alicyclic amines) is 1. The van der Waals surface area contributed by atoms with Crippen molar-refractivity contribution in [2.45, 2.75) is 39.5 Å². The number of piperidine rings is 1. The molecule has 0 radical (unpaired) electrons. The van der Waals surface area contributed by atoms with E-state index >= 15 is 0 Å². The van der Waals surface area contributed by atoms with Gasteiger partial charge in [0.05, 0.1) is 0 Å². The molecule has 0 aromatic carbocycles. The standard InChI is InChI=1S/C15H22N2O/c1-15(2,3)14(18)17-10-7-12(8-11-17)13-6-4-5-9-16-13/h4-6,9,12H,7-8,10-11H2,1-3H3. The molecule has 1 aromatic heterocycles. The van der Waals surface area contributed by atoms with E-state index in [1.807, 2.05) is 44.0 Å². The summed E-state index contributed by atoms with van der Waals surface area (Å²) in [6.07, 6.45) is 3.90. The largest absolute Gasteiger partial charge is 0.342 e. The van der Waals surface area contributed by atoms with Gasteiger partial charge in [0.2, 0.25) is 5.91 Å². The van der Waals surface area contributed by atoms with E-state index in [0.717, 1.165) is 25.9 Å². The molecule has 0 aliphatic carbocycles. The molecule has 18 heavy (non-hydrogen) atoms. The molecule has 3 heteroatoms. The Bertz CT molecular complexity index is 400. The van der Waals surface area contributed by atoms with Crippen molar-refractivity contribution in [3.8, 4) is 0 Å². The number of pyridine rings is 1. The molecule has 98 valence electrons. The van der Waals surface area contributed by atoms with Crippen LogP contribution >= 0.6 is 0 Å². The van der Waals surface area contributed by atoms with Gasteiger partial charge in [-0.25, -0.2) is 0 Å². The monoisotopic (exact) mass is 246 g/mol. The van der Waals surface area contributed by atoms with Crippen molar-refractivity contribution in [1.29, 1.82) is 0 Å². The molecule has 3 nitrogen and oxygen atoms in total. The molecule has 1 fully saturated rings. The third-order valence-electron chi connectivity index (χ3n) is 3.53. The second-order valence-electron chi connectivity index (χ2n) is 6.07. The highest BCUT2D eigenvalue weighted by Crippen LogP contribution is 2.28. The first kappa shape index (κ1) is 13.1. The van der Waals surface area contributed by atoms with Crippen molar-refractivity contribution < 1.29 is 4.79 Å².